The van der Waals surface area contributed by atoms with E-state index < -0.39 is 6.09 Å². The van der Waals surface area contributed by atoms with Crippen molar-refractivity contribution in [2.45, 2.75) is 46.1 Å². The van der Waals surface area contributed by atoms with Crippen molar-refractivity contribution in [1.29, 1.82) is 0 Å². The maximum Gasteiger partial charge on any atom is 0.407 e. The first-order valence-electron chi connectivity index (χ1n) is 8.30. The number of unbranched alkanes of at least 4 members (excludes halogenated alkanes) is 1. The van der Waals surface area contributed by atoms with Crippen molar-refractivity contribution in [3.05, 3.63) is 36.2 Å². The van der Waals surface area contributed by atoms with Gasteiger partial charge in [0.25, 0.3) is 0 Å². The lowest BCUT2D eigenvalue weighted by Gasteiger charge is -2.23. The summed E-state index contributed by atoms with van der Waals surface area (Å²) in [5.74, 6) is 0.240. The molecule has 1 amide bonds. The fraction of sp³-hybridized carbons (Fsp3) is 0.500. The molecule has 23 heavy (non-hydrogen) atoms. The predicted molar refractivity (Wildman–Crippen MR) is 91.1 cm³/mol. The molecule has 1 aromatic heterocycles. The highest BCUT2D eigenvalue weighted by molar-refractivity contribution is 5.74. The van der Waals surface area contributed by atoms with Crippen molar-refractivity contribution in [2.24, 2.45) is 5.92 Å². The molecule has 5 nitrogen and oxygen atoms in total. The first-order chi connectivity index (χ1) is 11.2. The number of ether oxygens (including phenoxy) is 1. The fourth-order valence-electron chi connectivity index (χ4n) is 2.34. The van der Waals surface area contributed by atoms with Crippen LogP contribution in [0.1, 0.15) is 51.8 Å². The summed E-state index contributed by atoms with van der Waals surface area (Å²) in [6.45, 7) is 6.69. The molecule has 2 aromatic rings. The van der Waals surface area contributed by atoms with E-state index in [9.17, 15) is 4.79 Å². The Morgan fingerprint density at radius 1 is 1.26 bits per heavy atom. The molecule has 0 aliphatic rings. The van der Waals surface area contributed by atoms with Crippen LogP contribution in [0.5, 0.6) is 0 Å². The number of nitrogens with one attached hydrogen (secondary N) is 1. The molecule has 0 bridgehead atoms. The van der Waals surface area contributed by atoms with Crippen LogP contribution in [0.4, 0.5) is 4.79 Å². The molecule has 0 radical (unpaired) electrons. The molecule has 0 spiro atoms. The van der Waals surface area contributed by atoms with E-state index in [1.807, 2.05) is 24.3 Å². The Hall–Kier alpha value is -2.17. The van der Waals surface area contributed by atoms with Crippen molar-refractivity contribution in [3.63, 3.8) is 0 Å². The minimum atomic E-state index is -0.390. The van der Waals surface area contributed by atoms with Gasteiger partial charge in [-0.15, -0.1) is 0 Å². The summed E-state index contributed by atoms with van der Waals surface area (Å²) in [5.41, 5.74) is 2.45. The largest absolute Gasteiger partial charge is 0.450 e. The zero-order valence-electron chi connectivity index (χ0n) is 14.1. The summed E-state index contributed by atoms with van der Waals surface area (Å²) < 4.78 is 5.22. The first kappa shape index (κ1) is 17.2. The van der Waals surface area contributed by atoms with Crippen LogP contribution < -0.4 is 5.32 Å². The van der Waals surface area contributed by atoms with E-state index in [0.717, 1.165) is 36.0 Å². The van der Waals surface area contributed by atoms with E-state index >= 15 is 0 Å². The average Bonchev–Trinajstić information content (AvgIpc) is 2.59. The SMILES string of the molecule is CCCCOC(=O)N[C@H](c1cnc2ccccc2n1)[C@H](C)CC. The monoisotopic (exact) mass is 315 g/mol. The van der Waals surface area contributed by atoms with Gasteiger partial charge in [-0.1, -0.05) is 45.7 Å². The van der Waals surface area contributed by atoms with E-state index in [0.29, 0.717) is 6.61 Å². The van der Waals surface area contributed by atoms with Gasteiger partial charge >= 0.3 is 6.09 Å². The molecule has 0 fully saturated rings. The molecule has 124 valence electrons. The van der Waals surface area contributed by atoms with Crippen molar-refractivity contribution < 1.29 is 9.53 Å². The average molecular weight is 315 g/mol. The topological polar surface area (TPSA) is 64.1 Å². The van der Waals surface area contributed by atoms with Gasteiger partial charge in [0.1, 0.15) is 0 Å². The highest BCUT2D eigenvalue weighted by Gasteiger charge is 2.23. The van der Waals surface area contributed by atoms with E-state index in [2.05, 4.69) is 36.1 Å². The standard InChI is InChI=1S/C18H25N3O2/c1-4-6-11-23-18(22)21-17(13(3)5-2)16-12-19-14-9-7-8-10-15(14)20-16/h7-10,12-13,17H,4-6,11H2,1-3H3,(H,21,22)/t13-,17+/m1/s1. The van der Waals surface area contributed by atoms with E-state index in [1.54, 1.807) is 6.20 Å². The van der Waals surface area contributed by atoms with Gasteiger partial charge < -0.3 is 10.1 Å². The van der Waals surface area contributed by atoms with Gasteiger partial charge in [0, 0.05) is 0 Å². The van der Waals surface area contributed by atoms with Gasteiger partial charge in [0.15, 0.2) is 0 Å². The smallest absolute Gasteiger partial charge is 0.407 e. The van der Waals surface area contributed by atoms with Crippen LogP contribution in [0.15, 0.2) is 30.5 Å². The Morgan fingerprint density at radius 2 is 2.00 bits per heavy atom. The summed E-state index contributed by atoms with van der Waals surface area (Å²) >= 11 is 0. The third kappa shape index (κ3) is 4.65. The third-order valence-corrected chi connectivity index (χ3v) is 4.00. The summed E-state index contributed by atoms with van der Waals surface area (Å²) in [4.78, 5) is 21.1. The van der Waals surface area contributed by atoms with Crippen molar-refractivity contribution in [1.82, 2.24) is 15.3 Å². The van der Waals surface area contributed by atoms with Crippen LogP contribution in [0.25, 0.3) is 11.0 Å². The van der Waals surface area contributed by atoms with E-state index in [-0.39, 0.29) is 12.0 Å². The molecule has 2 rings (SSSR count). The lowest BCUT2D eigenvalue weighted by Crippen LogP contribution is -2.33. The quantitative estimate of drug-likeness (QED) is 0.776. The molecule has 0 aliphatic heterocycles. The molecule has 1 N–H and O–H groups in total. The number of carbonyl (C=O) groups is 1. The highest BCUT2D eigenvalue weighted by atomic mass is 16.5. The second kappa shape index (κ2) is 8.46. The molecule has 0 aliphatic carbocycles. The van der Waals surface area contributed by atoms with Crippen LogP contribution in [0.3, 0.4) is 0 Å². The molecule has 0 saturated heterocycles. The zero-order valence-corrected chi connectivity index (χ0v) is 14.1. The number of carbonyl (C=O) groups excluding carboxylic acids is 1. The Labute approximate surface area is 137 Å². The van der Waals surface area contributed by atoms with E-state index in [1.165, 1.54) is 0 Å². The number of benzene rings is 1. The van der Waals surface area contributed by atoms with Gasteiger partial charge in [-0.05, 0) is 24.5 Å². The molecular formula is C18H25N3O2. The Balaban J connectivity index is 2.17. The van der Waals surface area contributed by atoms with Crippen molar-refractivity contribution >= 4 is 17.1 Å². The predicted octanol–water partition coefficient (Wildman–Crippen LogP) is 4.24. The second-order valence-electron chi connectivity index (χ2n) is 5.78. The van der Waals surface area contributed by atoms with Crippen LogP contribution in [-0.4, -0.2) is 22.7 Å². The Morgan fingerprint density at radius 3 is 2.70 bits per heavy atom. The fourth-order valence-corrected chi connectivity index (χ4v) is 2.34. The molecule has 1 aromatic carbocycles. The molecule has 0 saturated carbocycles. The first-order valence-corrected chi connectivity index (χ1v) is 8.30. The number of para-hydroxylation sites is 2. The van der Waals surface area contributed by atoms with Crippen molar-refractivity contribution in [3.8, 4) is 0 Å². The number of rotatable bonds is 7. The van der Waals surface area contributed by atoms with Crippen LogP contribution in [0.2, 0.25) is 0 Å². The lowest BCUT2D eigenvalue weighted by atomic mass is 9.96. The molecule has 0 unspecified atom stereocenters. The molecule has 5 heteroatoms. The highest BCUT2D eigenvalue weighted by Crippen LogP contribution is 2.24. The zero-order chi connectivity index (χ0) is 16.7. The molecule has 2 atom stereocenters. The van der Waals surface area contributed by atoms with Crippen LogP contribution >= 0.6 is 0 Å². The lowest BCUT2D eigenvalue weighted by molar-refractivity contribution is 0.136. The van der Waals surface area contributed by atoms with Gasteiger partial charge in [-0.2, -0.15) is 0 Å². The summed E-state index contributed by atoms with van der Waals surface area (Å²) in [6.07, 6.45) is 4.15. The summed E-state index contributed by atoms with van der Waals surface area (Å²) in [6, 6.07) is 7.53. The number of hydrogen-bond donors (Lipinski definition) is 1. The Kier molecular flexibility index (Phi) is 6.32. The number of alkyl carbamates (subject to hydrolysis) is 1. The maximum absolute atomic E-state index is 12.0. The number of aromatic nitrogens is 2. The molecular weight excluding hydrogens is 290 g/mol. The minimum absolute atomic E-state index is 0.203. The summed E-state index contributed by atoms with van der Waals surface area (Å²) in [5, 5.41) is 2.94. The van der Waals surface area contributed by atoms with Crippen molar-refractivity contribution in [2.75, 3.05) is 6.61 Å². The minimum Gasteiger partial charge on any atom is -0.450 e. The van der Waals surface area contributed by atoms with E-state index in [4.69, 9.17) is 4.74 Å². The number of fused-ring (bicyclic) bond motifs is 1. The van der Waals surface area contributed by atoms with Gasteiger partial charge in [-0.3, -0.25) is 4.98 Å². The van der Waals surface area contributed by atoms with Gasteiger partial charge in [0.05, 0.1) is 35.6 Å². The number of hydrogen-bond acceptors (Lipinski definition) is 4. The number of amides is 1. The number of nitrogens with zero attached hydrogens (tertiary/aromatic N) is 2. The van der Waals surface area contributed by atoms with Gasteiger partial charge in [0.2, 0.25) is 0 Å². The normalized spacial score (nSPS) is 13.5. The van der Waals surface area contributed by atoms with Crippen LogP contribution in [0, 0.1) is 5.92 Å². The third-order valence-electron chi connectivity index (χ3n) is 4.00. The van der Waals surface area contributed by atoms with Crippen LogP contribution in [-0.2, 0) is 4.74 Å². The molecule has 1 heterocycles. The second-order valence-corrected chi connectivity index (χ2v) is 5.78. The Bertz CT molecular complexity index is 645. The van der Waals surface area contributed by atoms with Gasteiger partial charge in [-0.25, -0.2) is 9.78 Å². The maximum atomic E-state index is 12.0. The summed E-state index contributed by atoms with van der Waals surface area (Å²) in [7, 11) is 0.